The van der Waals surface area contributed by atoms with E-state index >= 15 is 0 Å². The molecule has 1 aromatic carbocycles. The van der Waals surface area contributed by atoms with Crippen LogP contribution in [0.1, 0.15) is 45.7 Å². The number of aromatic amines is 1. The summed E-state index contributed by atoms with van der Waals surface area (Å²) in [4.78, 5) is 24.1. The van der Waals surface area contributed by atoms with Gasteiger partial charge < -0.3 is 20.7 Å². The van der Waals surface area contributed by atoms with Crippen molar-refractivity contribution in [1.29, 1.82) is 0 Å². The zero-order valence-corrected chi connectivity index (χ0v) is 21.0. The van der Waals surface area contributed by atoms with Crippen molar-refractivity contribution in [1.82, 2.24) is 35.4 Å². The van der Waals surface area contributed by atoms with E-state index in [4.69, 9.17) is 4.98 Å². The van der Waals surface area contributed by atoms with E-state index in [9.17, 15) is 9.90 Å². The highest BCUT2D eigenvalue weighted by atomic mass is 16.3. The predicted octanol–water partition coefficient (Wildman–Crippen LogP) is 3.96. The average Bonchev–Trinajstić information content (AvgIpc) is 3.60. The van der Waals surface area contributed by atoms with Gasteiger partial charge in [0, 0.05) is 44.9 Å². The van der Waals surface area contributed by atoms with Crippen molar-refractivity contribution in [3.05, 3.63) is 89.4 Å². The molecule has 0 aliphatic carbocycles. The van der Waals surface area contributed by atoms with Crippen molar-refractivity contribution >= 4 is 22.5 Å². The molecule has 1 aliphatic heterocycles. The first-order chi connectivity index (χ1) is 17.9. The zero-order valence-electron chi connectivity index (χ0n) is 21.0. The largest absolute Gasteiger partial charge is 0.504 e. The van der Waals surface area contributed by atoms with Gasteiger partial charge in [0.1, 0.15) is 17.1 Å². The van der Waals surface area contributed by atoms with Crippen molar-refractivity contribution in [2.75, 3.05) is 7.05 Å². The number of nitrogens with zero attached hydrogens (tertiary/aromatic N) is 4. The SMILES string of the molecule is C=C/C=C(\C=C/C(C)c1nn(C)c(-c2nc3cc4c(cc3[nH]2)CNC4)c1O)c1ccc(C(=O)NC)nc1. The second-order valence-electron chi connectivity index (χ2n) is 9.05. The minimum Gasteiger partial charge on any atom is -0.504 e. The molecule has 3 aromatic heterocycles. The Bertz CT molecular complexity index is 1520. The zero-order chi connectivity index (χ0) is 26.1. The quantitative estimate of drug-likeness (QED) is 0.288. The number of aryl methyl sites for hydroxylation is 1. The Kier molecular flexibility index (Phi) is 6.45. The molecule has 37 heavy (non-hydrogen) atoms. The number of fused-ring (bicyclic) bond motifs is 2. The third-order valence-electron chi connectivity index (χ3n) is 6.56. The number of rotatable bonds is 7. The third kappa shape index (κ3) is 4.56. The van der Waals surface area contributed by atoms with E-state index in [1.165, 1.54) is 11.1 Å². The van der Waals surface area contributed by atoms with Gasteiger partial charge in [0.2, 0.25) is 0 Å². The lowest BCUT2D eigenvalue weighted by atomic mass is 10.0. The van der Waals surface area contributed by atoms with Gasteiger partial charge in [0.15, 0.2) is 11.6 Å². The second kappa shape index (κ2) is 9.87. The van der Waals surface area contributed by atoms with Gasteiger partial charge >= 0.3 is 0 Å². The van der Waals surface area contributed by atoms with Gasteiger partial charge in [-0.15, -0.1) is 0 Å². The van der Waals surface area contributed by atoms with Gasteiger partial charge in [-0.05, 0) is 34.9 Å². The molecular weight excluding hydrogens is 466 g/mol. The van der Waals surface area contributed by atoms with E-state index in [-0.39, 0.29) is 17.6 Å². The van der Waals surface area contributed by atoms with Crippen molar-refractivity contribution in [3.63, 3.8) is 0 Å². The van der Waals surface area contributed by atoms with Gasteiger partial charge in [-0.3, -0.25) is 14.5 Å². The maximum atomic E-state index is 11.8. The summed E-state index contributed by atoms with van der Waals surface area (Å²) in [5, 5.41) is 21.7. The van der Waals surface area contributed by atoms with Crippen LogP contribution in [0.3, 0.4) is 0 Å². The van der Waals surface area contributed by atoms with E-state index in [1.54, 1.807) is 37.1 Å². The minimum absolute atomic E-state index is 0.0961. The van der Waals surface area contributed by atoms with Crippen molar-refractivity contribution in [2.24, 2.45) is 7.05 Å². The maximum absolute atomic E-state index is 11.8. The molecular formula is C28H29N7O2. The number of allylic oxidation sites excluding steroid dienone is 5. The molecule has 188 valence electrons. The monoisotopic (exact) mass is 495 g/mol. The summed E-state index contributed by atoms with van der Waals surface area (Å²) in [5.74, 6) is 0.248. The molecule has 4 aromatic rings. The fraction of sp³-hybridized carbons (Fsp3) is 0.214. The highest BCUT2D eigenvalue weighted by molar-refractivity contribution is 5.92. The molecule has 1 amide bonds. The smallest absolute Gasteiger partial charge is 0.269 e. The summed E-state index contributed by atoms with van der Waals surface area (Å²) < 4.78 is 1.66. The van der Waals surface area contributed by atoms with Gasteiger partial charge in [-0.1, -0.05) is 43.9 Å². The lowest BCUT2D eigenvalue weighted by molar-refractivity contribution is 0.0958. The second-order valence-corrected chi connectivity index (χ2v) is 9.05. The van der Waals surface area contributed by atoms with Crippen molar-refractivity contribution in [3.8, 4) is 17.3 Å². The third-order valence-corrected chi connectivity index (χ3v) is 6.56. The first-order valence-electron chi connectivity index (χ1n) is 12.1. The Morgan fingerprint density at radius 1 is 1.27 bits per heavy atom. The molecule has 0 saturated carbocycles. The number of aromatic hydroxyl groups is 1. The van der Waals surface area contributed by atoms with Crippen LogP contribution in [-0.4, -0.2) is 42.8 Å². The fourth-order valence-corrected chi connectivity index (χ4v) is 4.56. The number of carbonyl (C=O) groups is 1. The average molecular weight is 496 g/mol. The van der Waals surface area contributed by atoms with Gasteiger partial charge in [0.25, 0.3) is 5.91 Å². The first-order valence-corrected chi connectivity index (χ1v) is 12.1. The number of aromatic nitrogens is 5. The highest BCUT2D eigenvalue weighted by Crippen LogP contribution is 2.36. The first kappa shape index (κ1) is 24.2. The number of nitrogens with one attached hydrogen (secondary N) is 3. The molecule has 0 bridgehead atoms. The number of H-pyrrole nitrogens is 1. The summed E-state index contributed by atoms with van der Waals surface area (Å²) in [6.45, 7) is 7.47. The number of benzene rings is 1. The van der Waals surface area contributed by atoms with Crippen LogP contribution >= 0.6 is 0 Å². The van der Waals surface area contributed by atoms with E-state index in [0.29, 0.717) is 22.9 Å². The van der Waals surface area contributed by atoms with Crippen LogP contribution in [0.25, 0.3) is 28.1 Å². The highest BCUT2D eigenvalue weighted by Gasteiger charge is 2.23. The molecule has 0 fully saturated rings. The minimum atomic E-state index is -0.239. The molecule has 0 spiro atoms. The molecule has 1 atom stereocenters. The summed E-state index contributed by atoms with van der Waals surface area (Å²) in [6, 6.07) is 7.72. The van der Waals surface area contributed by atoms with E-state index in [2.05, 4.69) is 44.4 Å². The van der Waals surface area contributed by atoms with Gasteiger partial charge in [0.05, 0.1) is 11.0 Å². The van der Waals surface area contributed by atoms with Crippen LogP contribution in [-0.2, 0) is 20.1 Å². The Morgan fingerprint density at radius 3 is 2.76 bits per heavy atom. The Morgan fingerprint density at radius 2 is 2.05 bits per heavy atom. The van der Waals surface area contributed by atoms with Crippen molar-refractivity contribution in [2.45, 2.75) is 25.9 Å². The molecule has 9 nitrogen and oxygen atoms in total. The van der Waals surface area contributed by atoms with Crippen LogP contribution < -0.4 is 10.6 Å². The molecule has 5 rings (SSSR count). The number of pyridine rings is 1. The molecule has 4 heterocycles. The van der Waals surface area contributed by atoms with Crippen LogP contribution in [0, 0.1) is 0 Å². The Balaban J connectivity index is 1.41. The molecule has 1 unspecified atom stereocenters. The van der Waals surface area contributed by atoms with Crippen molar-refractivity contribution < 1.29 is 9.90 Å². The maximum Gasteiger partial charge on any atom is 0.269 e. The lowest BCUT2D eigenvalue weighted by Crippen LogP contribution is -2.18. The van der Waals surface area contributed by atoms with E-state index < -0.39 is 0 Å². The van der Waals surface area contributed by atoms with Crippen LogP contribution in [0.5, 0.6) is 5.75 Å². The van der Waals surface area contributed by atoms with Gasteiger partial charge in [-0.25, -0.2) is 4.98 Å². The molecule has 1 aliphatic rings. The fourth-order valence-electron chi connectivity index (χ4n) is 4.56. The van der Waals surface area contributed by atoms with E-state index in [1.807, 2.05) is 31.2 Å². The summed E-state index contributed by atoms with van der Waals surface area (Å²) >= 11 is 0. The number of hydrogen-bond acceptors (Lipinski definition) is 6. The number of carbonyl (C=O) groups excluding carboxylic acids is 1. The number of amides is 1. The van der Waals surface area contributed by atoms with Crippen LogP contribution in [0.4, 0.5) is 0 Å². The van der Waals surface area contributed by atoms with Gasteiger partial charge in [-0.2, -0.15) is 5.10 Å². The predicted molar refractivity (Wildman–Crippen MR) is 144 cm³/mol. The van der Waals surface area contributed by atoms with Crippen LogP contribution in [0.2, 0.25) is 0 Å². The standard InChI is InChI=1S/C28H29N7O2/c1-5-6-17(18-9-10-21(31-15-18)28(37)29-3)8-7-16(2)24-26(36)25(35(4)34-24)27-32-22-11-19-13-30-14-20(19)12-23(22)33-27/h5-12,15-16,30,36H,1,13-14H2,2-4H3,(H,29,37)(H,32,33)/b8-7-,17-6+. The lowest BCUT2D eigenvalue weighted by Gasteiger charge is -2.06. The Labute approximate surface area is 214 Å². The van der Waals surface area contributed by atoms with E-state index in [0.717, 1.165) is 35.3 Å². The molecule has 9 heteroatoms. The summed E-state index contributed by atoms with van der Waals surface area (Å²) in [5.41, 5.74) is 7.45. The molecule has 0 radical (unpaired) electrons. The molecule has 0 saturated heterocycles. The number of imidazole rings is 1. The topological polar surface area (TPSA) is 121 Å². The normalized spacial score (nSPS) is 14.3. The summed E-state index contributed by atoms with van der Waals surface area (Å²) in [6.07, 6.45) is 9.11. The number of hydrogen-bond donors (Lipinski definition) is 4. The van der Waals surface area contributed by atoms with Crippen LogP contribution in [0.15, 0.2) is 61.3 Å². The molecule has 4 N–H and O–H groups in total. The Hall–Kier alpha value is -4.50. The summed E-state index contributed by atoms with van der Waals surface area (Å²) in [7, 11) is 3.37.